The molecule has 22 heavy (non-hydrogen) atoms. The van der Waals surface area contributed by atoms with E-state index in [1.54, 1.807) is 23.1 Å². The molecule has 1 aliphatic rings. The van der Waals surface area contributed by atoms with Crippen LogP contribution >= 0.6 is 28.3 Å². The average molecular weight is 392 g/mol. The fourth-order valence-electron chi connectivity index (χ4n) is 2.58. The van der Waals surface area contributed by atoms with E-state index in [0.29, 0.717) is 18.7 Å². The van der Waals surface area contributed by atoms with Crippen LogP contribution in [0, 0.1) is 11.7 Å². The highest BCUT2D eigenvalue weighted by molar-refractivity contribution is 9.10. The van der Waals surface area contributed by atoms with Gasteiger partial charge < -0.3 is 10.2 Å². The van der Waals surface area contributed by atoms with E-state index in [0.717, 1.165) is 23.9 Å². The molecule has 1 amide bonds. The van der Waals surface area contributed by atoms with Crippen LogP contribution < -0.4 is 5.32 Å². The topological polar surface area (TPSA) is 32.3 Å². The fourth-order valence-corrected chi connectivity index (χ4v) is 2.99. The maximum atomic E-state index is 13.9. The number of piperidine rings is 1. The molecular weight excluding hydrogens is 371 g/mol. The van der Waals surface area contributed by atoms with Crippen molar-refractivity contribution in [1.82, 2.24) is 10.2 Å². The molecule has 122 valence electrons. The number of hydrogen-bond donors (Lipinski definition) is 1. The zero-order valence-electron chi connectivity index (χ0n) is 12.4. The van der Waals surface area contributed by atoms with Gasteiger partial charge in [-0.1, -0.05) is 22.0 Å². The minimum atomic E-state index is -0.290. The molecule has 0 radical (unpaired) electrons. The Labute approximate surface area is 145 Å². The normalized spacial score (nSPS) is 17.5. The first-order chi connectivity index (χ1) is 10.1. The number of rotatable bonds is 5. The predicted octanol–water partition coefficient (Wildman–Crippen LogP) is 3.52. The summed E-state index contributed by atoms with van der Waals surface area (Å²) in [5.41, 5.74) is 0.517. The second-order valence-corrected chi connectivity index (χ2v) is 6.20. The minimum Gasteiger partial charge on any atom is -0.334 e. The molecule has 1 heterocycles. The molecule has 1 fully saturated rings. The number of carbonyl (C=O) groups is 1. The largest absolute Gasteiger partial charge is 0.334 e. The van der Waals surface area contributed by atoms with Crippen LogP contribution in [0.25, 0.3) is 0 Å². The van der Waals surface area contributed by atoms with Crippen molar-refractivity contribution in [2.75, 3.05) is 19.6 Å². The van der Waals surface area contributed by atoms with Gasteiger partial charge in [0.1, 0.15) is 5.82 Å². The van der Waals surface area contributed by atoms with E-state index >= 15 is 0 Å². The van der Waals surface area contributed by atoms with Crippen molar-refractivity contribution in [3.05, 3.63) is 46.7 Å². The number of benzene rings is 1. The Kier molecular flexibility index (Phi) is 8.07. The van der Waals surface area contributed by atoms with Crippen LogP contribution in [0.15, 0.2) is 35.3 Å². The third kappa shape index (κ3) is 5.07. The number of amides is 1. The van der Waals surface area contributed by atoms with Crippen LogP contribution in [0.5, 0.6) is 0 Å². The monoisotopic (exact) mass is 390 g/mol. The highest BCUT2D eigenvalue weighted by atomic mass is 79.9. The van der Waals surface area contributed by atoms with E-state index in [1.807, 2.05) is 0 Å². The number of carbonyl (C=O) groups excluding carboxylic acids is 1. The Hall–Kier alpha value is -0.910. The lowest BCUT2D eigenvalue weighted by Gasteiger charge is -2.29. The van der Waals surface area contributed by atoms with Crippen molar-refractivity contribution < 1.29 is 9.18 Å². The van der Waals surface area contributed by atoms with Gasteiger partial charge in [-0.15, -0.1) is 19.0 Å². The standard InChI is InChI=1S/C16H20BrFN2O.ClH/c1-2-8-20(16(21)12-4-3-7-19-10-12)11-13-9-14(17)5-6-15(13)18;/h2,5-6,9,12,19H,1,3-4,7-8,10-11H2;1H. The average Bonchev–Trinajstić information content (AvgIpc) is 2.50. The van der Waals surface area contributed by atoms with E-state index in [-0.39, 0.29) is 36.6 Å². The van der Waals surface area contributed by atoms with E-state index < -0.39 is 0 Å². The van der Waals surface area contributed by atoms with E-state index in [2.05, 4.69) is 27.8 Å². The van der Waals surface area contributed by atoms with Gasteiger partial charge >= 0.3 is 0 Å². The lowest BCUT2D eigenvalue weighted by Crippen LogP contribution is -2.42. The van der Waals surface area contributed by atoms with Gasteiger partial charge in [0.25, 0.3) is 0 Å². The third-order valence-electron chi connectivity index (χ3n) is 3.68. The van der Waals surface area contributed by atoms with Crippen LogP contribution in [0.1, 0.15) is 18.4 Å². The second kappa shape index (κ2) is 9.28. The zero-order valence-corrected chi connectivity index (χ0v) is 14.8. The Balaban J connectivity index is 0.00000242. The fraction of sp³-hybridized carbons (Fsp3) is 0.438. The molecule has 1 saturated heterocycles. The maximum Gasteiger partial charge on any atom is 0.227 e. The van der Waals surface area contributed by atoms with Gasteiger partial charge in [0, 0.05) is 29.7 Å². The van der Waals surface area contributed by atoms with E-state index in [9.17, 15) is 9.18 Å². The van der Waals surface area contributed by atoms with Gasteiger partial charge in [-0.3, -0.25) is 4.79 Å². The Morgan fingerprint density at radius 3 is 2.95 bits per heavy atom. The summed E-state index contributed by atoms with van der Waals surface area (Å²) < 4.78 is 14.7. The highest BCUT2D eigenvalue weighted by Gasteiger charge is 2.25. The zero-order chi connectivity index (χ0) is 15.2. The SMILES string of the molecule is C=CCN(Cc1cc(Br)ccc1F)C(=O)C1CCCNC1.Cl. The molecule has 0 saturated carbocycles. The summed E-state index contributed by atoms with van der Waals surface area (Å²) in [6.45, 7) is 6.07. The molecule has 1 aromatic carbocycles. The Morgan fingerprint density at radius 2 is 2.32 bits per heavy atom. The van der Waals surface area contributed by atoms with Crippen molar-refractivity contribution in [3.8, 4) is 0 Å². The number of hydrogen-bond acceptors (Lipinski definition) is 2. The second-order valence-electron chi connectivity index (χ2n) is 5.29. The molecule has 0 bridgehead atoms. The molecule has 0 aliphatic carbocycles. The lowest BCUT2D eigenvalue weighted by atomic mass is 9.98. The molecule has 3 nitrogen and oxygen atoms in total. The van der Waals surface area contributed by atoms with Crippen LogP contribution in [0.4, 0.5) is 4.39 Å². The molecule has 0 spiro atoms. The quantitative estimate of drug-likeness (QED) is 0.779. The summed E-state index contributed by atoms with van der Waals surface area (Å²) in [4.78, 5) is 14.3. The number of halogens is 3. The van der Waals surface area contributed by atoms with Gasteiger partial charge in [-0.25, -0.2) is 4.39 Å². The molecule has 0 aromatic heterocycles. The van der Waals surface area contributed by atoms with Gasteiger partial charge in [-0.2, -0.15) is 0 Å². The molecule has 1 aromatic rings. The van der Waals surface area contributed by atoms with Crippen molar-refractivity contribution in [2.45, 2.75) is 19.4 Å². The Bertz CT molecular complexity index is 521. The summed E-state index contributed by atoms with van der Waals surface area (Å²) in [5, 5.41) is 3.24. The molecule has 6 heteroatoms. The van der Waals surface area contributed by atoms with Crippen LogP contribution in [0.3, 0.4) is 0 Å². The number of nitrogens with one attached hydrogen (secondary N) is 1. The van der Waals surface area contributed by atoms with Gasteiger partial charge in [0.05, 0.1) is 5.92 Å². The first-order valence-corrected chi connectivity index (χ1v) is 7.95. The minimum absolute atomic E-state index is 0. The summed E-state index contributed by atoms with van der Waals surface area (Å²) in [6.07, 6.45) is 3.58. The van der Waals surface area contributed by atoms with Crippen LogP contribution in [0.2, 0.25) is 0 Å². The predicted molar refractivity (Wildman–Crippen MR) is 92.6 cm³/mol. The molecule has 1 unspecified atom stereocenters. The summed E-state index contributed by atoms with van der Waals surface area (Å²) in [7, 11) is 0. The van der Waals surface area contributed by atoms with Crippen molar-refractivity contribution in [1.29, 1.82) is 0 Å². The van der Waals surface area contributed by atoms with Crippen molar-refractivity contribution in [2.24, 2.45) is 5.92 Å². The molecule has 1 N–H and O–H groups in total. The Morgan fingerprint density at radius 1 is 1.55 bits per heavy atom. The molecular formula is C16H21BrClFN2O. The van der Waals surface area contributed by atoms with Crippen LogP contribution in [-0.4, -0.2) is 30.4 Å². The van der Waals surface area contributed by atoms with Gasteiger partial charge in [0.2, 0.25) is 5.91 Å². The van der Waals surface area contributed by atoms with Crippen molar-refractivity contribution in [3.63, 3.8) is 0 Å². The maximum absolute atomic E-state index is 13.9. The molecule has 2 rings (SSSR count). The lowest BCUT2D eigenvalue weighted by molar-refractivity contribution is -0.136. The summed E-state index contributed by atoms with van der Waals surface area (Å²) in [5.74, 6) is -0.239. The van der Waals surface area contributed by atoms with E-state index in [1.165, 1.54) is 6.07 Å². The van der Waals surface area contributed by atoms with Gasteiger partial charge in [-0.05, 0) is 37.6 Å². The van der Waals surface area contributed by atoms with Gasteiger partial charge in [0.15, 0.2) is 0 Å². The smallest absolute Gasteiger partial charge is 0.227 e. The number of nitrogens with zero attached hydrogens (tertiary/aromatic N) is 1. The molecule has 1 aliphatic heterocycles. The highest BCUT2D eigenvalue weighted by Crippen LogP contribution is 2.20. The van der Waals surface area contributed by atoms with Crippen LogP contribution in [-0.2, 0) is 11.3 Å². The third-order valence-corrected chi connectivity index (χ3v) is 4.17. The molecule has 1 atom stereocenters. The first kappa shape index (κ1) is 19.1. The summed E-state index contributed by atoms with van der Waals surface area (Å²) in [6, 6.07) is 4.79. The summed E-state index contributed by atoms with van der Waals surface area (Å²) >= 11 is 3.34. The van der Waals surface area contributed by atoms with Crippen molar-refractivity contribution >= 4 is 34.2 Å². The first-order valence-electron chi connectivity index (χ1n) is 7.16. The van der Waals surface area contributed by atoms with E-state index in [4.69, 9.17) is 0 Å².